The van der Waals surface area contributed by atoms with Crippen molar-refractivity contribution in [3.05, 3.63) is 70.4 Å². The van der Waals surface area contributed by atoms with Crippen molar-refractivity contribution < 1.29 is 4.42 Å². The maximum Gasteiger partial charge on any atom is 0.252 e. The molecule has 1 atom stereocenters. The number of nitrogens with two attached hydrogens (primary N) is 1. The van der Waals surface area contributed by atoms with Crippen molar-refractivity contribution >= 4 is 28.8 Å². The summed E-state index contributed by atoms with van der Waals surface area (Å²) in [7, 11) is 0. The Morgan fingerprint density at radius 3 is 2.69 bits per heavy atom. The van der Waals surface area contributed by atoms with Crippen LogP contribution in [0.25, 0.3) is 22.7 Å². The lowest BCUT2D eigenvalue weighted by Crippen LogP contribution is -2.44. The zero-order valence-corrected chi connectivity index (χ0v) is 18.6. The number of aryl methyl sites for hydroxylation is 1. The third-order valence-corrected chi connectivity index (χ3v) is 7.52. The molecule has 0 saturated carbocycles. The first-order chi connectivity index (χ1) is 15.5. The number of oxazole rings is 1. The van der Waals surface area contributed by atoms with Crippen molar-refractivity contribution in [2.45, 2.75) is 32.2 Å². The third-order valence-electron chi connectivity index (χ3n) is 7.21. The van der Waals surface area contributed by atoms with Crippen LogP contribution in [-0.2, 0) is 6.42 Å². The van der Waals surface area contributed by atoms with Gasteiger partial charge in [0.05, 0.1) is 16.8 Å². The lowest BCUT2D eigenvalue weighted by atomic mass is 9.73. The first kappa shape index (κ1) is 19.7. The van der Waals surface area contributed by atoms with Gasteiger partial charge in [0, 0.05) is 19.1 Å². The van der Waals surface area contributed by atoms with E-state index < -0.39 is 0 Å². The summed E-state index contributed by atoms with van der Waals surface area (Å²) in [4.78, 5) is 16.1. The molecule has 1 spiro atoms. The van der Waals surface area contributed by atoms with Gasteiger partial charge in [0.25, 0.3) is 5.71 Å². The standard InChI is InChI=1S/C25H24ClN5O/c1-15-5-4-8-18(26)20(15)23-29-19-14-28-24(30-22(19)32-23)31-11-9-25(10-12-31)13-16-6-2-3-7-17(16)21(25)27/h2-8,14,21H,9-13,27H2,1H3/t21-/m1/s1. The Hall–Kier alpha value is -2.96. The molecule has 0 amide bonds. The van der Waals surface area contributed by atoms with Crippen molar-refractivity contribution in [2.75, 3.05) is 18.0 Å². The second-order valence-electron chi connectivity index (χ2n) is 9.01. The molecule has 0 radical (unpaired) electrons. The Morgan fingerprint density at radius 1 is 1.09 bits per heavy atom. The van der Waals surface area contributed by atoms with Crippen LogP contribution in [0.15, 0.2) is 53.1 Å². The van der Waals surface area contributed by atoms with E-state index in [1.807, 2.05) is 25.1 Å². The molecule has 1 saturated heterocycles. The highest BCUT2D eigenvalue weighted by atomic mass is 35.5. The third kappa shape index (κ3) is 3.01. The minimum atomic E-state index is 0.0972. The topological polar surface area (TPSA) is 81.1 Å². The molecule has 2 aliphatic rings. The van der Waals surface area contributed by atoms with E-state index in [-0.39, 0.29) is 11.5 Å². The molecule has 7 heteroatoms. The van der Waals surface area contributed by atoms with Crippen molar-refractivity contribution in [3.63, 3.8) is 0 Å². The van der Waals surface area contributed by atoms with Gasteiger partial charge in [0.1, 0.15) is 5.52 Å². The van der Waals surface area contributed by atoms with Crippen LogP contribution >= 0.6 is 11.6 Å². The number of piperidine rings is 1. The van der Waals surface area contributed by atoms with Crippen molar-refractivity contribution in [3.8, 4) is 11.5 Å². The van der Waals surface area contributed by atoms with Gasteiger partial charge >= 0.3 is 0 Å². The molecular formula is C25H24ClN5O. The maximum atomic E-state index is 6.71. The minimum absolute atomic E-state index is 0.0972. The molecule has 0 unspecified atom stereocenters. The van der Waals surface area contributed by atoms with Crippen LogP contribution in [0.4, 0.5) is 5.95 Å². The number of hydrogen-bond acceptors (Lipinski definition) is 6. The predicted octanol–water partition coefficient (Wildman–Crippen LogP) is 5.09. The van der Waals surface area contributed by atoms with E-state index in [0.717, 1.165) is 43.5 Å². The summed E-state index contributed by atoms with van der Waals surface area (Å²) in [5.74, 6) is 1.15. The fraction of sp³-hybridized carbons (Fsp3) is 0.320. The van der Waals surface area contributed by atoms with Crippen LogP contribution in [0.3, 0.4) is 0 Å². The summed E-state index contributed by atoms with van der Waals surface area (Å²) in [5.41, 5.74) is 12.5. The number of hydrogen-bond donors (Lipinski definition) is 1. The van der Waals surface area contributed by atoms with E-state index in [1.165, 1.54) is 11.1 Å². The first-order valence-electron chi connectivity index (χ1n) is 11.0. The summed E-state index contributed by atoms with van der Waals surface area (Å²) >= 11 is 6.39. The Kier molecular flexibility index (Phi) is 4.49. The van der Waals surface area contributed by atoms with Crippen LogP contribution in [0, 0.1) is 12.3 Å². The Labute approximate surface area is 191 Å². The molecule has 1 aliphatic carbocycles. The van der Waals surface area contributed by atoms with Gasteiger partial charge in [-0.05, 0) is 54.4 Å². The van der Waals surface area contributed by atoms with E-state index in [1.54, 1.807) is 6.20 Å². The molecule has 0 bridgehead atoms. The first-order valence-corrected chi connectivity index (χ1v) is 11.4. The zero-order chi connectivity index (χ0) is 21.9. The molecule has 6 rings (SSSR count). The van der Waals surface area contributed by atoms with Crippen LogP contribution in [0.1, 0.15) is 35.6 Å². The van der Waals surface area contributed by atoms with E-state index in [2.05, 4.69) is 44.1 Å². The normalized spacial score (nSPS) is 19.6. The highest BCUT2D eigenvalue weighted by Gasteiger charge is 2.46. The average molecular weight is 446 g/mol. The number of rotatable bonds is 2. The average Bonchev–Trinajstić information content (AvgIpc) is 3.33. The monoisotopic (exact) mass is 445 g/mol. The number of halogens is 1. The van der Waals surface area contributed by atoms with Gasteiger partial charge in [-0.25, -0.2) is 9.97 Å². The summed E-state index contributed by atoms with van der Waals surface area (Å²) in [6.45, 7) is 3.73. The van der Waals surface area contributed by atoms with Gasteiger partial charge in [-0.3, -0.25) is 0 Å². The Bertz CT molecular complexity index is 1300. The molecule has 3 heterocycles. The Morgan fingerprint density at radius 2 is 1.91 bits per heavy atom. The quantitative estimate of drug-likeness (QED) is 0.463. The van der Waals surface area contributed by atoms with Crippen LogP contribution < -0.4 is 10.6 Å². The molecule has 1 aliphatic heterocycles. The highest BCUT2D eigenvalue weighted by Crippen LogP contribution is 2.50. The lowest BCUT2D eigenvalue weighted by molar-refractivity contribution is 0.187. The molecule has 32 heavy (non-hydrogen) atoms. The lowest BCUT2D eigenvalue weighted by Gasteiger charge is -2.42. The second-order valence-corrected chi connectivity index (χ2v) is 9.42. The molecule has 6 nitrogen and oxygen atoms in total. The summed E-state index contributed by atoms with van der Waals surface area (Å²) in [6.07, 6.45) is 4.83. The predicted molar refractivity (Wildman–Crippen MR) is 126 cm³/mol. The summed E-state index contributed by atoms with van der Waals surface area (Å²) in [6, 6.07) is 14.4. The second kappa shape index (κ2) is 7.29. The van der Waals surface area contributed by atoms with E-state index in [0.29, 0.717) is 28.1 Å². The van der Waals surface area contributed by atoms with Gasteiger partial charge in [-0.15, -0.1) is 0 Å². The molecule has 2 aromatic carbocycles. The smallest absolute Gasteiger partial charge is 0.252 e. The largest absolute Gasteiger partial charge is 0.417 e. The zero-order valence-electron chi connectivity index (χ0n) is 17.9. The summed E-state index contributed by atoms with van der Waals surface area (Å²) in [5, 5.41) is 0.611. The van der Waals surface area contributed by atoms with E-state index in [9.17, 15) is 0 Å². The number of benzene rings is 2. The van der Waals surface area contributed by atoms with Crippen LogP contribution in [0.2, 0.25) is 5.02 Å². The fourth-order valence-electron chi connectivity index (χ4n) is 5.35. The molecule has 2 aromatic heterocycles. The molecule has 162 valence electrons. The molecule has 2 N–H and O–H groups in total. The molecule has 1 fully saturated rings. The van der Waals surface area contributed by atoms with Crippen LogP contribution in [0.5, 0.6) is 0 Å². The van der Waals surface area contributed by atoms with E-state index in [4.69, 9.17) is 21.8 Å². The molecule has 4 aromatic rings. The van der Waals surface area contributed by atoms with Gasteiger partial charge in [0.15, 0.2) is 0 Å². The minimum Gasteiger partial charge on any atom is -0.417 e. The van der Waals surface area contributed by atoms with E-state index >= 15 is 0 Å². The summed E-state index contributed by atoms with van der Waals surface area (Å²) < 4.78 is 6.01. The SMILES string of the molecule is Cc1cccc(Cl)c1-c1nc2cnc(N3CCC4(CC3)Cc3ccccc3[C@H]4N)nc2o1. The Balaban J connectivity index is 1.25. The van der Waals surface area contributed by atoms with Crippen molar-refractivity contribution in [1.29, 1.82) is 0 Å². The highest BCUT2D eigenvalue weighted by molar-refractivity contribution is 6.33. The van der Waals surface area contributed by atoms with Gasteiger partial charge < -0.3 is 15.1 Å². The fourth-order valence-corrected chi connectivity index (χ4v) is 5.65. The van der Waals surface area contributed by atoms with Crippen LogP contribution in [-0.4, -0.2) is 28.0 Å². The number of fused-ring (bicyclic) bond motifs is 2. The van der Waals surface area contributed by atoms with Gasteiger partial charge in [-0.1, -0.05) is 48.0 Å². The van der Waals surface area contributed by atoms with Gasteiger partial charge in [0.2, 0.25) is 11.8 Å². The maximum absolute atomic E-state index is 6.71. The number of nitrogens with zero attached hydrogens (tertiary/aromatic N) is 4. The van der Waals surface area contributed by atoms with Gasteiger partial charge in [-0.2, -0.15) is 4.98 Å². The van der Waals surface area contributed by atoms with Crippen molar-refractivity contribution in [2.24, 2.45) is 11.1 Å². The number of aromatic nitrogens is 3. The van der Waals surface area contributed by atoms with Crippen molar-refractivity contribution in [1.82, 2.24) is 15.0 Å². The number of anilines is 1. The molecular weight excluding hydrogens is 422 g/mol.